The van der Waals surface area contributed by atoms with Gasteiger partial charge >= 0.3 is 5.97 Å². The van der Waals surface area contributed by atoms with E-state index in [9.17, 15) is 22.8 Å². The molecule has 0 saturated carbocycles. The molecular weight excluding hydrogens is 746 g/mol. The van der Waals surface area contributed by atoms with Gasteiger partial charge in [-0.2, -0.15) is 0 Å². The fourth-order valence-electron chi connectivity index (χ4n) is 6.28. The van der Waals surface area contributed by atoms with E-state index in [1.165, 1.54) is 46.3 Å². The van der Waals surface area contributed by atoms with Crippen molar-refractivity contribution in [2.75, 3.05) is 17.2 Å². The van der Waals surface area contributed by atoms with Crippen molar-refractivity contribution in [2.45, 2.75) is 29.0 Å². The number of ether oxygens (including phenoxy) is 2. The molecule has 1 N–H and O–H groups in total. The number of halogens is 1. The number of carbonyl (C=O) groups is 3. The first-order valence-electron chi connectivity index (χ1n) is 16.9. The Bertz CT molecular complexity index is 2270. The van der Waals surface area contributed by atoms with Crippen LogP contribution in [0.5, 0.6) is 5.75 Å². The van der Waals surface area contributed by atoms with E-state index >= 15 is 0 Å². The molecule has 13 heteroatoms. The van der Waals surface area contributed by atoms with Crippen LogP contribution in [0.1, 0.15) is 33.2 Å². The maximum Gasteiger partial charge on any atom is 0.355 e. The third-order valence-electron chi connectivity index (χ3n) is 9.07. The summed E-state index contributed by atoms with van der Waals surface area (Å²) in [5, 5.41) is 2.14. The zero-order chi connectivity index (χ0) is 37.8. The van der Waals surface area contributed by atoms with Crippen LogP contribution in [0.4, 0.5) is 5.69 Å². The van der Waals surface area contributed by atoms with Gasteiger partial charge < -0.3 is 14.8 Å². The molecule has 2 heterocycles. The first-order chi connectivity index (χ1) is 26.2. The lowest BCUT2D eigenvalue weighted by Gasteiger charge is -2.48. The largest absolute Gasteiger partial charge is 0.497 e. The summed E-state index contributed by atoms with van der Waals surface area (Å²) in [4.78, 5) is 42.1. The molecule has 0 spiro atoms. The Morgan fingerprint density at radius 2 is 1.50 bits per heavy atom. The monoisotopic (exact) mass is 779 g/mol. The third-order valence-corrected chi connectivity index (χ3v) is 12.4. The fraction of sp³-hybridized carbons (Fsp3) is 0.146. The predicted molar refractivity (Wildman–Crippen MR) is 208 cm³/mol. The molecule has 2 aliphatic heterocycles. The van der Waals surface area contributed by atoms with Gasteiger partial charge in [-0.1, -0.05) is 103 Å². The molecule has 10 nitrogen and oxygen atoms in total. The van der Waals surface area contributed by atoms with Crippen LogP contribution in [0.2, 0.25) is 5.02 Å². The van der Waals surface area contributed by atoms with Crippen molar-refractivity contribution >= 4 is 56.9 Å². The molecule has 0 aliphatic carbocycles. The number of anilines is 1. The van der Waals surface area contributed by atoms with Crippen molar-refractivity contribution in [2.24, 2.45) is 0 Å². The van der Waals surface area contributed by atoms with Gasteiger partial charge in [-0.05, 0) is 65.2 Å². The first kappa shape index (κ1) is 36.8. The molecule has 1 fully saturated rings. The highest BCUT2D eigenvalue weighted by atomic mass is 35.5. The second kappa shape index (κ2) is 15.8. The van der Waals surface area contributed by atoms with Crippen LogP contribution in [0, 0.1) is 0 Å². The second-order valence-corrected chi connectivity index (χ2v) is 15.8. The van der Waals surface area contributed by atoms with Gasteiger partial charge in [-0.15, -0.1) is 11.8 Å². The lowest BCUT2D eigenvalue weighted by molar-refractivity contribution is -0.153. The molecular formula is C41H34ClN3O7S2. The van der Waals surface area contributed by atoms with Crippen LogP contribution in [0.25, 0.3) is 0 Å². The van der Waals surface area contributed by atoms with Crippen molar-refractivity contribution in [1.82, 2.24) is 10.2 Å². The Morgan fingerprint density at radius 1 is 0.889 bits per heavy atom. The molecule has 0 unspecified atom stereocenters. The van der Waals surface area contributed by atoms with Crippen molar-refractivity contribution in [3.05, 3.63) is 173 Å². The van der Waals surface area contributed by atoms with Crippen LogP contribution in [0.3, 0.4) is 0 Å². The topological polar surface area (TPSA) is 122 Å². The zero-order valence-electron chi connectivity index (χ0n) is 28.9. The number of nitrogens with zero attached hydrogens (tertiary/aromatic N) is 2. The minimum absolute atomic E-state index is 0.00228. The Kier molecular flexibility index (Phi) is 10.8. The summed E-state index contributed by atoms with van der Waals surface area (Å²) in [5.41, 5.74) is 2.64. The number of methoxy groups -OCH3 is 1. The Hall–Kier alpha value is -5.56. The molecule has 2 atom stereocenters. The van der Waals surface area contributed by atoms with Crippen molar-refractivity contribution in [3.8, 4) is 5.75 Å². The summed E-state index contributed by atoms with van der Waals surface area (Å²) in [5.74, 6) is -0.961. The predicted octanol–water partition coefficient (Wildman–Crippen LogP) is 6.97. The lowest BCUT2D eigenvalue weighted by Crippen LogP contribution is -2.70. The molecule has 2 amide bonds. The van der Waals surface area contributed by atoms with E-state index < -0.39 is 45.3 Å². The quantitative estimate of drug-likeness (QED) is 0.106. The average molecular weight is 780 g/mol. The SMILES string of the molecule is COc1ccc(N(Cc2ccccc2)S(=O)(=O)c2ccc(Cl)c(C(=O)N[C@@H]3C(=O)N4C(C(=O)OC(c5ccccc5)c5ccccc5)=CCS[C@H]34)c2)cc1. The molecule has 5 aromatic rings. The van der Waals surface area contributed by atoms with Gasteiger partial charge in [0.1, 0.15) is 22.9 Å². The molecule has 0 radical (unpaired) electrons. The van der Waals surface area contributed by atoms with Crippen LogP contribution in [0.15, 0.2) is 150 Å². The average Bonchev–Trinajstić information content (AvgIpc) is 3.21. The smallest absolute Gasteiger partial charge is 0.355 e. The molecule has 5 aromatic carbocycles. The number of fused-ring (bicyclic) bond motifs is 1. The van der Waals surface area contributed by atoms with Gasteiger partial charge in [0, 0.05) is 5.75 Å². The maximum absolute atomic E-state index is 14.3. The second-order valence-electron chi connectivity index (χ2n) is 12.4. The van der Waals surface area contributed by atoms with Crippen LogP contribution in [-0.4, -0.2) is 55.4 Å². The number of amides is 2. The number of sulfonamides is 1. The van der Waals surface area contributed by atoms with E-state index in [2.05, 4.69) is 5.32 Å². The summed E-state index contributed by atoms with van der Waals surface area (Å²) in [7, 11) is -2.72. The van der Waals surface area contributed by atoms with Gasteiger partial charge in [0.15, 0.2) is 6.10 Å². The Balaban J connectivity index is 1.09. The van der Waals surface area contributed by atoms with E-state index in [0.29, 0.717) is 17.2 Å². The number of thioether (sulfide) groups is 1. The minimum Gasteiger partial charge on any atom is -0.497 e. The fourth-order valence-corrected chi connectivity index (χ4v) is 9.16. The van der Waals surface area contributed by atoms with Gasteiger partial charge in [0.2, 0.25) is 0 Å². The number of rotatable bonds is 12. The van der Waals surface area contributed by atoms with E-state index in [0.717, 1.165) is 16.7 Å². The van der Waals surface area contributed by atoms with Crippen molar-refractivity contribution in [3.63, 3.8) is 0 Å². The van der Waals surface area contributed by atoms with E-state index in [-0.39, 0.29) is 27.7 Å². The first-order valence-corrected chi connectivity index (χ1v) is 19.8. The molecule has 1 saturated heterocycles. The Labute approximate surface area is 322 Å². The van der Waals surface area contributed by atoms with Gasteiger partial charge in [-0.3, -0.25) is 18.8 Å². The number of hydrogen-bond acceptors (Lipinski definition) is 8. The van der Waals surface area contributed by atoms with Gasteiger partial charge in [0.05, 0.1) is 34.8 Å². The summed E-state index contributed by atoms with van der Waals surface area (Å²) < 4.78 is 41.1. The molecule has 7 rings (SSSR count). The van der Waals surface area contributed by atoms with Crippen LogP contribution in [-0.2, 0) is 30.9 Å². The molecule has 0 bridgehead atoms. The van der Waals surface area contributed by atoms with Crippen molar-refractivity contribution in [1.29, 1.82) is 0 Å². The molecule has 0 aromatic heterocycles. The lowest BCUT2D eigenvalue weighted by atomic mass is 10.0. The van der Waals surface area contributed by atoms with E-state index in [1.807, 2.05) is 91.0 Å². The normalized spacial score (nSPS) is 16.5. The van der Waals surface area contributed by atoms with E-state index in [4.69, 9.17) is 21.1 Å². The maximum atomic E-state index is 14.3. The number of benzene rings is 5. The highest BCUT2D eigenvalue weighted by Crippen LogP contribution is 2.39. The van der Waals surface area contributed by atoms with Gasteiger partial charge in [0.25, 0.3) is 21.8 Å². The zero-order valence-corrected chi connectivity index (χ0v) is 31.3. The number of carbonyl (C=O) groups excluding carboxylic acids is 3. The number of esters is 1. The summed E-state index contributed by atoms with van der Waals surface area (Å²) in [6.45, 7) is 0.0146. The summed E-state index contributed by atoms with van der Waals surface area (Å²) >= 11 is 7.85. The van der Waals surface area contributed by atoms with Crippen LogP contribution >= 0.6 is 23.4 Å². The number of β-lactam (4-membered cyclic amide) rings is 1. The summed E-state index contributed by atoms with van der Waals surface area (Å²) in [6.07, 6.45) is 0.932. The highest BCUT2D eigenvalue weighted by molar-refractivity contribution is 8.00. The molecule has 54 heavy (non-hydrogen) atoms. The number of hydrogen-bond donors (Lipinski definition) is 1. The Morgan fingerprint density at radius 3 is 2.11 bits per heavy atom. The van der Waals surface area contributed by atoms with Crippen molar-refractivity contribution < 1.29 is 32.3 Å². The molecule has 2 aliphatic rings. The molecule has 274 valence electrons. The number of nitrogens with one attached hydrogen (secondary N) is 1. The third kappa shape index (κ3) is 7.45. The van der Waals surface area contributed by atoms with Gasteiger partial charge in [-0.25, -0.2) is 13.2 Å². The standard InChI is InChI=1S/C41H34ClN3O7S2/c1-51-31-19-17-30(18-20-31)44(26-27-11-5-2-6-12-27)54(49,50)32-21-22-34(42)33(25-32)38(46)43-36-39(47)45-35(23-24-53-40(36)45)41(48)52-37(28-13-7-3-8-14-28)29-15-9-4-10-16-29/h2-23,25,36-37,40H,24,26H2,1H3,(H,43,46)/t36-,40-/m1/s1. The highest BCUT2D eigenvalue weighted by Gasteiger charge is 2.53. The van der Waals surface area contributed by atoms with E-state index in [1.54, 1.807) is 30.3 Å². The summed E-state index contributed by atoms with van der Waals surface area (Å²) in [6, 6.07) is 37.3. The van der Waals surface area contributed by atoms with Crippen LogP contribution < -0.4 is 14.4 Å². The minimum atomic E-state index is -4.25.